The third-order valence-electron chi connectivity index (χ3n) is 7.77. The number of hydrogen-bond acceptors (Lipinski definition) is 4. The standard InChI is InChI=1S/C32H26O4/c1-18-17-24-29(27(21-13-7-4-8-14-21)25(18)20-11-5-3-6-12-20)31(35)32(36-24)28-23-16-10-9-15-22(23)26(19(2)33)30(28)34/h3-17,26-29,32H,1-2H3/t26?,27?,28?,29?,32-/m1/s1. The van der Waals surface area contributed by atoms with Crippen molar-refractivity contribution in [2.45, 2.75) is 37.7 Å². The van der Waals surface area contributed by atoms with Crippen LogP contribution in [-0.2, 0) is 19.1 Å². The van der Waals surface area contributed by atoms with Crippen LogP contribution in [-0.4, -0.2) is 23.5 Å². The first-order valence-electron chi connectivity index (χ1n) is 12.3. The van der Waals surface area contributed by atoms with Crippen LogP contribution in [0.2, 0.25) is 0 Å². The lowest BCUT2D eigenvalue weighted by atomic mass is 9.70. The zero-order valence-corrected chi connectivity index (χ0v) is 20.2. The van der Waals surface area contributed by atoms with Gasteiger partial charge in [-0.05, 0) is 53.3 Å². The van der Waals surface area contributed by atoms with Gasteiger partial charge in [0.25, 0.3) is 0 Å². The second-order valence-electron chi connectivity index (χ2n) is 9.87. The molecule has 2 aliphatic carbocycles. The SMILES string of the molecule is CC(=O)C1C(=O)C([C@H]2OC3=CC(C)=C(c4ccccc4)C(c4ccccc4)C3C2=O)c2ccccc21. The third-order valence-corrected chi connectivity index (χ3v) is 7.77. The predicted molar refractivity (Wildman–Crippen MR) is 137 cm³/mol. The van der Waals surface area contributed by atoms with E-state index in [0.717, 1.165) is 27.8 Å². The molecule has 5 atom stereocenters. The molecule has 0 aromatic heterocycles. The Labute approximate surface area is 210 Å². The largest absolute Gasteiger partial charge is 0.485 e. The fraction of sp³-hybridized carbons (Fsp3) is 0.219. The Morgan fingerprint density at radius 2 is 1.33 bits per heavy atom. The molecule has 0 spiro atoms. The summed E-state index contributed by atoms with van der Waals surface area (Å²) in [5.74, 6) is -2.35. The number of Topliss-reactive ketones (excluding diaryl/α,β-unsaturated/α-hetero) is 3. The van der Waals surface area contributed by atoms with E-state index in [4.69, 9.17) is 4.74 Å². The monoisotopic (exact) mass is 474 g/mol. The van der Waals surface area contributed by atoms with Crippen LogP contribution in [0.4, 0.5) is 0 Å². The van der Waals surface area contributed by atoms with Crippen LogP contribution in [0.1, 0.15) is 53.9 Å². The number of allylic oxidation sites excluding steroid dienone is 4. The molecule has 3 aromatic rings. The molecule has 0 saturated carbocycles. The van der Waals surface area contributed by atoms with Gasteiger partial charge in [-0.3, -0.25) is 14.4 Å². The molecular weight excluding hydrogens is 448 g/mol. The van der Waals surface area contributed by atoms with E-state index in [0.29, 0.717) is 11.3 Å². The molecule has 1 fully saturated rings. The van der Waals surface area contributed by atoms with Crippen molar-refractivity contribution in [1.29, 1.82) is 0 Å². The summed E-state index contributed by atoms with van der Waals surface area (Å²) in [5.41, 5.74) is 5.64. The molecule has 4 heteroatoms. The van der Waals surface area contributed by atoms with Gasteiger partial charge in [0.1, 0.15) is 17.5 Å². The molecule has 0 amide bonds. The van der Waals surface area contributed by atoms with Crippen LogP contribution in [0.15, 0.2) is 102 Å². The van der Waals surface area contributed by atoms with Gasteiger partial charge in [0.2, 0.25) is 0 Å². The van der Waals surface area contributed by atoms with E-state index in [9.17, 15) is 14.4 Å². The van der Waals surface area contributed by atoms with E-state index < -0.39 is 23.9 Å². The first kappa shape index (κ1) is 22.4. The molecule has 0 radical (unpaired) electrons. The highest BCUT2D eigenvalue weighted by Crippen LogP contribution is 2.53. The highest BCUT2D eigenvalue weighted by Gasteiger charge is 2.56. The van der Waals surface area contributed by atoms with E-state index in [1.165, 1.54) is 6.92 Å². The Morgan fingerprint density at radius 1 is 0.722 bits per heavy atom. The minimum Gasteiger partial charge on any atom is -0.485 e. The van der Waals surface area contributed by atoms with E-state index in [-0.39, 0.29) is 23.3 Å². The zero-order chi connectivity index (χ0) is 25.0. The second-order valence-corrected chi connectivity index (χ2v) is 9.87. The summed E-state index contributed by atoms with van der Waals surface area (Å²) >= 11 is 0. The number of ketones is 3. The van der Waals surface area contributed by atoms with Crippen molar-refractivity contribution in [1.82, 2.24) is 0 Å². The molecule has 0 N–H and O–H groups in total. The van der Waals surface area contributed by atoms with Gasteiger partial charge in [-0.25, -0.2) is 0 Å². The fourth-order valence-corrected chi connectivity index (χ4v) is 6.30. The van der Waals surface area contributed by atoms with Gasteiger partial charge in [-0.15, -0.1) is 0 Å². The van der Waals surface area contributed by atoms with E-state index >= 15 is 0 Å². The summed E-state index contributed by atoms with van der Waals surface area (Å²) in [6, 6.07) is 27.5. The van der Waals surface area contributed by atoms with Gasteiger partial charge in [0, 0.05) is 5.92 Å². The van der Waals surface area contributed by atoms with Crippen molar-refractivity contribution in [3.8, 4) is 0 Å². The maximum Gasteiger partial charge on any atom is 0.185 e. The average Bonchev–Trinajstić information content (AvgIpc) is 3.36. The van der Waals surface area contributed by atoms with E-state index in [1.807, 2.05) is 85.8 Å². The van der Waals surface area contributed by atoms with Crippen molar-refractivity contribution in [2.75, 3.05) is 0 Å². The molecule has 6 rings (SSSR count). The molecular formula is C32H26O4. The van der Waals surface area contributed by atoms with Crippen LogP contribution >= 0.6 is 0 Å². The minimum atomic E-state index is -0.951. The van der Waals surface area contributed by atoms with Crippen molar-refractivity contribution < 1.29 is 19.1 Å². The molecule has 3 aliphatic rings. The number of rotatable bonds is 4. The first-order chi connectivity index (χ1) is 17.5. The van der Waals surface area contributed by atoms with Gasteiger partial charge < -0.3 is 4.74 Å². The molecule has 36 heavy (non-hydrogen) atoms. The van der Waals surface area contributed by atoms with Gasteiger partial charge >= 0.3 is 0 Å². The smallest absolute Gasteiger partial charge is 0.185 e. The van der Waals surface area contributed by atoms with E-state index in [1.54, 1.807) is 0 Å². The molecule has 4 unspecified atom stereocenters. The number of carbonyl (C=O) groups excluding carboxylic acids is 3. The van der Waals surface area contributed by atoms with Crippen LogP contribution in [0.3, 0.4) is 0 Å². The molecule has 3 aromatic carbocycles. The predicted octanol–water partition coefficient (Wildman–Crippen LogP) is 5.76. The quantitative estimate of drug-likeness (QED) is 0.451. The maximum absolute atomic E-state index is 14.2. The second kappa shape index (κ2) is 8.56. The zero-order valence-electron chi connectivity index (χ0n) is 20.2. The highest BCUT2D eigenvalue weighted by molar-refractivity contribution is 6.15. The lowest BCUT2D eigenvalue weighted by Crippen LogP contribution is -2.33. The summed E-state index contributed by atoms with van der Waals surface area (Å²) in [6.45, 7) is 3.48. The number of fused-ring (bicyclic) bond motifs is 2. The molecule has 1 saturated heterocycles. The van der Waals surface area contributed by atoms with Crippen LogP contribution in [0.25, 0.3) is 5.57 Å². The Morgan fingerprint density at radius 3 is 2.00 bits per heavy atom. The molecule has 1 heterocycles. The minimum absolute atomic E-state index is 0.103. The Hall–Kier alpha value is -4.05. The third kappa shape index (κ3) is 3.32. The molecule has 1 aliphatic heterocycles. The van der Waals surface area contributed by atoms with Gasteiger partial charge in [-0.1, -0.05) is 84.9 Å². The van der Waals surface area contributed by atoms with Gasteiger partial charge in [0.15, 0.2) is 17.7 Å². The van der Waals surface area contributed by atoms with Crippen LogP contribution < -0.4 is 0 Å². The van der Waals surface area contributed by atoms with Crippen molar-refractivity contribution in [3.05, 3.63) is 125 Å². The summed E-state index contributed by atoms with van der Waals surface area (Å²) < 4.78 is 6.37. The number of benzene rings is 3. The summed E-state index contributed by atoms with van der Waals surface area (Å²) in [5, 5.41) is 0. The van der Waals surface area contributed by atoms with Crippen LogP contribution in [0, 0.1) is 5.92 Å². The topological polar surface area (TPSA) is 60.4 Å². The average molecular weight is 475 g/mol. The first-order valence-corrected chi connectivity index (χ1v) is 12.3. The highest BCUT2D eigenvalue weighted by atomic mass is 16.5. The number of ether oxygens (including phenoxy) is 1. The normalized spacial score (nSPS) is 26.8. The number of carbonyl (C=O) groups is 3. The lowest BCUT2D eigenvalue weighted by molar-refractivity contribution is -0.134. The van der Waals surface area contributed by atoms with E-state index in [2.05, 4.69) is 12.1 Å². The van der Waals surface area contributed by atoms with Gasteiger partial charge in [0.05, 0.1) is 11.8 Å². The lowest BCUT2D eigenvalue weighted by Gasteiger charge is -2.30. The fourth-order valence-electron chi connectivity index (χ4n) is 6.30. The molecule has 0 bridgehead atoms. The summed E-state index contributed by atoms with van der Waals surface area (Å²) in [7, 11) is 0. The molecule has 4 nitrogen and oxygen atoms in total. The van der Waals surface area contributed by atoms with Gasteiger partial charge in [-0.2, -0.15) is 0 Å². The Balaban J connectivity index is 1.46. The Bertz CT molecular complexity index is 1450. The summed E-state index contributed by atoms with van der Waals surface area (Å²) in [4.78, 5) is 40.2. The van der Waals surface area contributed by atoms with Crippen LogP contribution in [0.5, 0.6) is 0 Å². The number of hydrogen-bond donors (Lipinski definition) is 0. The summed E-state index contributed by atoms with van der Waals surface area (Å²) in [6.07, 6.45) is 1.01. The van der Waals surface area contributed by atoms with Crippen molar-refractivity contribution >= 4 is 22.9 Å². The Kier molecular flexibility index (Phi) is 5.33. The maximum atomic E-state index is 14.2. The van der Waals surface area contributed by atoms with Crippen molar-refractivity contribution in [3.63, 3.8) is 0 Å². The molecule has 178 valence electrons. The van der Waals surface area contributed by atoms with Crippen molar-refractivity contribution in [2.24, 2.45) is 5.92 Å².